The first kappa shape index (κ1) is 21.0. The molecule has 0 unspecified atom stereocenters. The van der Waals surface area contributed by atoms with Crippen molar-refractivity contribution in [1.29, 1.82) is 0 Å². The highest BCUT2D eigenvalue weighted by atomic mass is 16.5. The second-order valence-electron chi connectivity index (χ2n) is 7.49. The van der Waals surface area contributed by atoms with Gasteiger partial charge in [0.05, 0.1) is 13.2 Å². The number of amides is 1. The van der Waals surface area contributed by atoms with Gasteiger partial charge < -0.3 is 19.5 Å². The van der Waals surface area contributed by atoms with Gasteiger partial charge in [-0.15, -0.1) is 0 Å². The average molecular weight is 398 g/mol. The topological polar surface area (TPSA) is 56.8 Å². The lowest BCUT2D eigenvalue weighted by atomic mass is 9.83. The van der Waals surface area contributed by atoms with Gasteiger partial charge in [0.2, 0.25) is 0 Å². The number of ether oxygens (including phenoxy) is 3. The maximum Gasteiger partial charge on any atom is 0.261 e. The van der Waals surface area contributed by atoms with Crippen LogP contribution in [0.1, 0.15) is 58.1 Å². The van der Waals surface area contributed by atoms with Crippen LogP contribution in [0.3, 0.4) is 0 Å². The lowest BCUT2D eigenvalue weighted by Crippen LogP contribution is -2.47. The second-order valence-corrected chi connectivity index (χ2v) is 7.49. The fourth-order valence-corrected chi connectivity index (χ4v) is 3.84. The van der Waals surface area contributed by atoms with Crippen LogP contribution in [0, 0.1) is 0 Å². The van der Waals surface area contributed by atoms with Crippen LogP contribution in [-0.4, -0.2) is 24.7 Å². The number of nitrogens with one attached hydrogen (secondary N) is 1. The van der Waals surface area contributed by atoms with Crippen molar-refractivity contribution in [3.05, 3.63) is 54.1 Å². The highest BCUT2D eigenvalue weighted by Crippen LogP contribution is 2.42. The van der Waals surface area contributed by atoms with Crippen LogP contribution in [0.4, 0.5) is 0 Å². The molecule has 0 saturated heterocycles. The molecule has 1 heterocycles. The molecule has 0 bridgehead atoms. The monoisotopic (exact) mass is 397 g/mol. The molecule has 0 aliphatic carbocycles. The van der Waals surface area contributed by atoms with Gasteiger partial charge in [0.15, 0.2) is 6.10 Å². The summed E-state index contributed by atoms with van der Waals surface area (Å²) < 4.78 is 17.5. The van der Waals surface area contributed by atoms with E-state index in [0.717, 1.165) is 36.3 Å². The van der Waals surface area contributed by atoms with Crippen molar-refractivity contribution >= 4 is 5.91 Å². The molecule has 2 atom stereocenters. The van der Waals surface area contributed by atoms with Crippen LogP contribution in [0.15, 0.2) is 48.5 Å². The summed E-state index contributed by atoms with van der Waals surface area (Å²) in [5.41, 5.74) is 0.767. The molecule has 29 heavy (non-hydrogen) atoms. The van der Waals surface area contributed by atoms with E-state index < -0.39 is 6.10 Å². The van der Waals surface area contributed by atoms with Crippen LogP contribution in [-0.2, 0) is 4.79 Å². The van der Waals surface area contributed by atoms with Crippen molar-refractivity contribution in [2.45, 2.75) is 64.2 Å². The van der Waals surface area contributed by atoms with E-state index in [1.807, 2.05) is 55.5 Å². The third kappa shape index (κ3) is 4.66. The zero-order valence-electron chi connectivity index (χ0n) is 17.7. The standard InChI is InChI=1S/C24H31NO4/c1-5-21(28-18-14-12-17(27-4)13-15-18)23(26)25-20-16-24(6-2,7-3)29-22-11-9-8-10-19(20)22/h8-15,20-21H,5-7,16H2,1-4H3,(H,25,26)/t20-,21+/m0/s1. The van der Waals surface area contributed by atoms with Crippen molar-refractivity contribution in [3.63, 3.8) is 0 Å². The molecular weight excluding hydrogens is 366 g/mol. The zero-order valence-corrected chi connectivity index (χ0v) is 17.7. The Morgan fingerprint density at radius 1 is 1.10 bits per heavy atom. The van der Waals surface area contributed by atoms with E-state index in [2.05, 4.69) is 19.2 Å². The van der Waals surface area contributed by atoms with E-state index in [4.69, 9.17) is 14.2 Å². The fourth-order valence-electron chi connectivity index (χ4n) is 3.84. The lowest BCUT2D eigenvalue weighted by Gasteiger charge is -2.42. The average Bonchev–Trinajstić information content (AvgIpc) is 2.77. The largest absolute Gasteiger partial charge is 0.497 e. The minimum atomic E-state index is -0.559. The summed E-state index contributed by atoms with van der Waals surface area (Å²) >= 11 is 0. The van der Waals surface area contributed by atoms with Gasteiger partial charge in [0.1, 0.15) is 22.8 Å². The Labute approximate surface area is 173 Å². The molecule has 0 saturated carbocycles. The Kier molecular flexibility index (Phi) is 6.68. The molecule has 2 aromatic carbocycles. The first-order valence-corrected chi connectivity index (χ1v) is 10.4. The minimum absolute atomic E-state index is 0.0964. The van der Waals surface area contributed by atoms with Crippen LogP contribution in [0.2, 0.25) is 0 Å². The maximum atomic E-state index is 13.1. The van der Waals surface area contributed by atoms with E-state index in [1.165, 1.54) is 0 Å². The lowest BCUT2D eigenvalue weighted by molar-refractivity contribution is -0.129. The quantitative estimate of drug-likeness (QED) is 0.677. The first-order chi connectivity index (χ1) is 14.0. The molecule has 1 aliphatic rings. The number of para-hydroxylation sites is 1. The third-order valence-electron chi connectivity index (χ3n) is 5.80. The molecule has 0 radical (unpaired) electrons. The summed E-state index contributed by atoms with van der Waals surface area (Å²) in [5.74, 6) is 2.16. The van der Waals surface area contributed by atoms with Crippen molar-refractivity contribution in [2.75, 3.05) is 7.11 Å². The molecule has 1 N–H and O–H groups in total. The van der Waals surface area contributed by atoms with E-state index in [9.17, 15) is 4.79 Å². The van der Waals surface area contributed by atoms with E-state index in [-0.39, 0.29) is 17.6 Å². The highest BCUT2D eigenvalue weighted by Gasteiger charge is 2.39. The number of fused-ring (bicyclic) bond motifs is 1. The predicted octanol–water partition coefficient (Wildman–Crippen LogP) is 5.05. The van der Waals surface area contributed by atoms with Crippen molar-refractivity contribution in [2.24, 2.45) is 0 Å². The van der Waals surface area contributed by atoms with Gasteiger partial charge in [-0.1, -0.05) is 39.0 Å². The summed E-state index contributed by atoms with van der Waals surface area (Å²) in [5, 5.41) is 3.22. The van der Waals surface area contributed by atoms with Crippen molar-refractivity contribution in [3.8, 4) is 17.2 Å². The van der Waals surface area contributed by atoms with Crippen molar-refractivity contribution < 1.29 is 19.0 Å². The van der Waals surface area contributed by atoms with Gasteiger partial charge in [-0.05, 0) is 49.6 Å². The summed E-state index contributed by atoms with van der Waals surface area (Å²) in [6.07, 6.45) is 2.56. The molecule has 3 rings (SSSR count). The maximum absolute atomic E-state index is 13.1. The molecule has 2 aromatic rings. The van der Waals surface area contributed by atoms with Crippen LogP contribution >= 0.6 is 0 Å². The highest BCUT2D eigenvalue weighted by molar-refractivity contribution is 5.81. The Hall–Kier alpha value is -2.69. The van der Waals surface area contributed by atoms with Crippen LogP contribution in [0.25, 0.3) is 0 Å². The number of benzene rings is 2. The normalized spacial score (nSPS) is 18.1. The minimum Gasteiger partial charge on any atom is -0.497 e. The summed E-state index contributed by atoms with van der Waals surface area (Å²) in [7, 11) is 1.62. The number of hydrogen-bond acceptors (Lipinski definition) is 4. The van der Waals surface area contributed by atoms with Crippen LogP contribution < -0.4 is 19.5 Å². The molecular formula is C24H31NO4. The fraction of sp³-hybridized carbons (Fsp3) is 0.458. The third-order valence-corrected chi connectivity index (χ3v) is 5.80. The predicted molar refractivity (Wildman–Crippen MR) is 114 cm³/mol. The summed E-state index contributed by atoms with van der Waals surface area (Å²) in [4.78, 5) is 13.1. The van der Waals surface area contributed by atoms with Crippen LogP contribution in [0.5, 0.6) is 17.2 Å². The summed E-state index contributed by atoms with van der Waals surface area (Å²) in [6, 6.07) is 15.2. The van der Waals surface area contributed by atoms with Gasteiger partial charge in [-0.3, -0.25) is 4.79 Å². The summed E-state index contributed by atoms with van der Waals surface area (Å²) in [6.45, 7) is 6.23. The van der Waals surface area contributed by atoms with Gasteiger partial charge in [-0.2, -0.15) is 0 Å². The van der Waals surface area contributed by atoms with Gasteiger partial charge >= 0.3 is 0 Å². The van der Waals surface area contributed by atoms with Crippen molar-refractivity contribution in [1.82, 2.24) is 5.32 Å². The molecule has 5 nitrogen and oxygen atoms in total. The number of methoxy groups -OCH3 is 1. The van der Waals surface area contributed by atoms with E-state index in [1.54, 1.807) is 7.11 Å². The molecule has 0 aromatic heterocycles. The smallest absolute Gasteiger partial charge is 0.261 e. The van der Waals surface area contributed by atoms with Gasteiger partial charge in [-0.25, -0.2) is 0 Å². The molecule has 5 heteroatoms. The Morgan fingerprint density at radius 3 is 2.38 bits per heavy atom. The van der Waals surface area contributed by atoms with E-state index in [0.29, 0.717) is 12.2 Å². The molecule has 1 aliphatic heterocycles. The second kappa shape index (κ2) is 9.21. The Morgan fingerprint density at radius 2 is 1.76 bits per heavy atom. The molecule has 0 fully saturated rings. The number of carbonyl (C=O) groups is 1. The number of hydrogen-bond donors (Lipinski definition) is 1. The molecule has 156 valence electrons. The Bertz CT molecular complexity index is 814. The van der Waals surface area contributed by atoms with Gasteiger partial charge in [0, 0.05) is 12.0 Å². The molecule has 1 amide bonds. The van der Waals surface area contributed by atoms with E-state index >= 15 is 0 Å². The Balaban J connectivity index is 1.76. The number of carbonyl (C=O) groups excluding carboxylic acids is 1. The zero-order chi connectivity index (χ0) is 20.9. The van der Waals surface area contributed by atoms with Gasteiger partial charge in [0.25, 0.3) is 5.91 Å². The SMILES string of the molecule is CC[C@@H](Oc1ccc(OC)cc1)C(=O)N[C@H]1CC(CC)(CC)Oc2ccccc21. The molecule has 0 spiro atoms. The first-order valence-electron chi connectivity index (χ1n) is 10.4. The number of rotatable bonds is 8.